The van der Waals surface area contributed by atoms with Gasteiger partial charge in [0.2, 0.25) is 11.8 Å². The van der Waals surface area contributed by atoms with Gasteiger partial charge in [-0.3, -0.25) is 9.59 Å². The Morgan fingerprint density at radius 2 is 1.81 bits per heavy atom. The van der Waals surface area contributed by atoms with E-state index in [4.69, 9.17) is 9.47 Å². The molecule has 1 saturated heterocycles. The number of nitrogens with zero attached hydrogens (tertiary/aromatic N) is 1. The molecular weight excluding hydrogens is 392 g/mol. The van der Waals surface area contributed by atoms with Crippen molar-refractivity contribution in [3.05, 3.63) is 65.7 Å². The summed E-state index contributed by atoms with van der Waals surface area (Å²) in [7, 11) is 1.59. The van der Waals surface area contributed by atoms with E-state index < -0.39 is 0 Å². The highest BCUT2D eigenvalue weighted by atomic mass is 16.5. The first kappa shape index (κ1) is 22.4. The molecule has 31 heavy (non-hydrogen) atoms. The molecule has 1 fully saturated rings. The lowest BCUT2D eigenvalue weighted by atomic mass is 10.1. The number of methoxy groups -OCH3 is 1. The Labute approximate surface area is 183 Å². The molecule has 1 N–H and O–H groups in total. The summed E-state index contributed by atoms with van der Waals surface area (Å²) in [4.78, 5) is 26.1. The number of hydrogen-bond donors (Lipinski definition) is 1. The minimum absolute atomic E-state index is 0.111. The van der Waals surface area contributed by atoms with Gasteiger partial charge in [0.25, 0.3) is 0 Å². The van der Waals surface area contributed by atoms with Gasteiger partial charge in [0.1, 0.15) is 6.61 Å². The lowest BCUT2D eigenvalue weighted by Gasteiger charge is -2.26. The fourth-order valence-electron chi connectivity index (χ4n) is 3.47. The maximum Gasteiger partial charge on any atom is 0.244 e. The van der Waals surface area contributed by atoms with Crippen molar-refractivity contribution in [1.82, 2.24) is 10.2 Å². The second-order valence-electron chi connectivity index (χ2n) is 7.50. The van der Waals surface area contributed by atoms with Crippen LogP contribution in [0.4, 0.5) is 0 Å². The van der Waals surface area contributed by atoms with E-state index in [2.05, 4.69) is 5.32 Å². The molecule has 6 heteroatoms. The first-order valence-corrected chi connectivity index (χ1v) is 10.7. The first-order valence-electron chi connectivity index (χ1n) is 10.7. The summed E-state index contributed by atoms with van der Waals surface area (Å²) >= 11 is 0. The van der Waals surface area contributed by atoms with Crippen LogP contribution in [0.15, 0.2) is 54.6 Å². The molecular formula is C25H30N2O4. The Kier molecular flexibility index (Phi) is 8.52. The Bertz CT molecular complexity index is 890. The van der Waals surface area contributed by atoms with Crippen LogP contribution < -0.4 is 14.8 Å². The van der Waals surface area contributed by atoms with Crippen molar-refractivity contribution in [2.45, 2.75) is 32.3 Å². The summed E-state index contributed by atoms with van der Waals surface area (Å²) in [6.45, 7) is 2.46. The van der Waals surface area contributed by atoms with E-state index in [1.807, 2.05) is 53.4 Å². The zero-order chi connectivity index (χ0) is 21.9. The second kappa shape index (κ2) is 11.8. The van der Waals surface area contributed by atoms with Gasteiger partial charge in [-0.25, -0.2) is 0 Å². The summed E-state index contributed by atoms with van der Waals surface area (Å²) in [5.41, 5.74) is 1.90. The SMILES string of the molecule is COc1cc(/C=C/C(=O)NCCC(=O)N2CCCCC2)ccc1OCc1ccccc1. The molecule has 0 saturated carbocycles. The van der Waals surface area contributed by atoms with Crippen LogP contribution in [0.1, 0.15) is 36.8 Å². The summed E-state index contributed by atoms with van der Waals surface area (Å²) in [6, 6.07) is 15.4. The van der Waals surface area contributed by atoms with Crippen LogP contribution in [0.3, 0.4) is 0 Å². The van der Waals surface area contributed by atoms with Crippen molar-refractivity contribution in [3.63, 3.8) is 0 Å². The summed E-state index contributed by atoms with van der Waals surface area (Å²) in [5.74, 6) is 1.13. The molecule has 0 atom stereocenters. The van der Waals surface area contributed by atoms with Crippen LogP contribution in [-0.2, 0) is 16.2 Å². The highest BCUT2D eigenvalue weighted by molar-refractivity contribution is 5.92. The summed E-state index contributed by atoms with van der Waals surface area (Å²) in [5, 5.41) is 2.77. The van der Waals surface area contributed by atoms with E-state index in [1.165, 1.54) is 12.5 Å². The number of carbonyl (C=O) groups is 2. The van der Waals surface area contributed by atoms with E-state index in [-0.39, 0.29) is 11.8 Å². The van der Waals surface area contributed by atoms with Crippen molar-refractivity contribution in [1.29, 1.82) is 0 Å². The predicted molar refractivity (Wildman–Crippen MR) is 121 cm³/mol. The molecule has 0 aromatic heterocycles. The molecule has 6 nitrogen and oxygen atoms in total. The molecule has 3 rings (SSSR count). The minimum atomic E-state index is -0.227. The van der Waals surface area contributed by atoms with Crippen molar-refractivity contribution in [2.24, 2.45) is 0 Å². The topological polar surface area (TPSA) is 67.9 Å². The van der Waals surface area contributed by atoms with Crippen molar-refractivity contribution in [2.75, 3.05) is 26.7 Å². The fourth-order valence-corrected chi connectivity index (χ4v) is 3.47. The zero-order valence-corrected chi connectivity index (χ0v) is 18.0. The number of rotatable bonds is 9. The number of amides is 2. The highest BCUT2D eigenvalue weighted by Crippen LogP contribution is 2.29. The monoisotopic (exact) mass is 422 g/mol. The molecule has 1 heterocycles. The molecule has 164 valence electrons. The van der Waals surface area contributed by atoms with Crippen LogP contribution >= 0.6 is 0 Å². The van der Waals surface area contributed by atoms with Crippen molar-refractivity contribution >= 4 is 17.9 Å². The normalized spacial score (nSPS) is 13.8. The molecule has 1 aliphatic rings. The standard InChI is InChI=1S/C25H30N2O4/c1-30-23-18-20(10-12-22(23)31-19-21-8-4-2-5-9-21)11-13-24(28)26-15-14-25(29)27-16-6-3-7-17-27/h2,4-5,8-13,18H,3,6-7,14-17,19H2,1H3,(H,26,28)/b13-11+. The number of carbonyl (C=O) groups excluding carboxylic acids is 2. The van der Waals surface area contributed by atoms with Gasteiger partial charge in [-0.2, -0.15) is 0 Å². The van der Waals surface area contributed by atoms with Crippen LogP contribution in [0.5, 0.6) is 11.5 Å². The van der Waals surface area contributed by atoms with Gasteiger partial charge in [-0.1, -0.05) is 36.4 Å². The number of hydrogen-bond acceptors (Lipinski definition) is 4. The van der Waals surface area contributed by atoms with E-state index in [1.54, 1.807) is 13.2 Å². The Morgan fingerprint density at radius 3 is 2.55 bits per heavy atom. The third-order valence-corrected chi connectivity index (χ3v) is 5.20. The van der Waals surface area contributed by atoms with E-state index in [9.17, 15) is 9.59 Å². The summed E-state index contributed by atoms with van der Waals surface area (Å²) < 4.78 is 11.3. The van der Waals surface area contributed by atoms with Crippen molar-refractivity contribution < 1.29 is 19.1 Å². The maximum atomic E-state index is 12.1. The zero-order valence-electron chi connectivity index (χ0n) is 18.0. The van der Waals surface area contributed by atoms with Gasteiger partial charge in [-0.05, 0) is 48.6 Å². The van der Waals surface area contributed by atoms with Gasteiger partial charge in [0.15, 0.2) is 11.5 Å². The number of likely N-dealkylation sites (tertiary alicyclic amines) is 1. The largest absolute Gasteiger partial charge is 0.493 e. The molecule has 0 bridgehead atoms. The van der Waals surface area contributed by atoms with Gasteiger partial charge < -0.3 is 19.7 Å². The predicted octanol–water partition coefficient (Wildman–Crippen LogP) is 3.81. The molecule has 2 aromatic carbocycles. The van der Waals surface area contributed by atoms with Crippen molar-refractivity contribution in [3.8, 4) is 11.5 Å². The second-order valence-corrected chi connectivity index (χ2v) is 7.50. The average Bonchev–Trinajstić information content (AvgIpc) is 2.82. The third-order valence-electron chi connectivity index (χ3n) is 5.20. The molecule has 0 aliphatic carbocycles. The summed E-state index contributed by atoms with van der Waals surface area (Å²) in [6.07, 6.45) is 6.84. The molecule has 2 aromatic rings. The average molecular weight is 423 g/mol. The van der Waals surface area contributed by atoms with Crippen LogP contribution in [0, 0.1) is 0 Å². The number of ether oxygens (including phenoxy) is 2. The fraction of sp³-hybridized carbons (Fsp3) is 0.360. The smallest absolute Gasteiger partial charge is 0.244 e. The Hall–Kier alpha value is -3.28. The molecule has 1 aliphatic heterocycles. The maximum absolute atomic E-state index is 12.1. The first-order chi connectivity index (χ1) is 15.2. The lowest BCUT2D eigenvalue weighted by Crippen LogP contribution is -2.37. The number of benzene rings is 2. The van der Waals surface area contributed by atoms with E-state index >= 15 is 0 Å². The van der Waals surface area contributed by atoms with E-state index in [0.717, 1.165) is 37.1 Å². The molecule has 0 spiro atoms. The number of nitrogens with one attached hydrogen (secondary N) is 1. The Balaban J connectivity index is 1.46. The van der Waals surface area contributed by atoms with E-state index in [0.29, 0.717) is 31.1 Å². The highest BCUT2D eigenvalue weighted by Gasteiger charge is 2.15. The third kappa shape index (κ3) is 7.17. The Morgan fingerprint density at radius 1 is 1.03 bits per heavy atom. The van der Waals surface area contributed by atoms with Crippen LogP contribution in [0.25, 0.3) is 6.08 Å². The van der Waals surface area contributed by atoms with Crippen LogP contribution in [0.2, 0.25) is 0 Å². The minimum Gasteiger partial charge on any atom is -0.493 e. The van der Waals surface area contributed by atoms with Gasteiger partial charge >= 0.3 is 0 Å². The molecule has 0 radical (unpaired) electrons. The lowest BCUT2D eigenvalue weighted by molar-refractivity contribution is -0.132. The number of piperidine rings is 1. The quantitative estimate of drug-likeness (QED) is 0.624. The van der Waals surface area contributed by atoms with Gasteiger partial charge in [0.05, 0.1) is 7.11 Å². The molecule has 0 unspecified atom stereocenters. The van der Waals surface area contributed by atoms with Gasteiger partial charge in [0, 0.05) is 32.1 Å². The van der Waals surface area contributed by atoms with Crippen LogP contribution in [-0.4, -0.2) is 43.5 Å². The van der Waals surface area contributed by atoms with Gasteiger partial charge in [-0.15, -0.1) is 0 Å². The molecule has 2 amide bonds.